The molecule has 13 heavy (non-hydrogen) atoms. The number of carbonyl (C=O) groups is 2. The lowest BCUT2D eigenvalue weighted by molar-refractivity contribution is -0.139. The van der Waals surface area contributed by atoms with E-state index in [2.05, 4.69) is 0 Å². The third-order valence-electron chi connectivity index (χ3n) is 1.72. The van der Waals surface area contributed by atoms with Crippen LogP contribution in [0.3, 0.4) is 0 Å². The Labute approximate surface area is 77.5 Å². The summed E-state index contributed by atoms with van der Waals surface area (Å²) < 4.78 is 0. The van der Waals surface area contributed by atoms with Crippen LogP contribution in [0.25, 0.3) is 0 Å². The van der Waals surface area contributed by atoms with Gasteiger partial charge in [0.05, 0.1) is 0 Å². The quantitative estimate of drug-likeness (QED) is 0.618. The van der Waals surface area contributed by atoms with Crippen LogP contribution < -0.4 is 5.73 Å². The molecule has 0 fully saturated rings. The van der Waals surface area contributed by atoms with Crippen LogP contribution in [-0.4, -0.2) is 42.0 Å². The standard InChI is InChI=1S/C8H16N2O3/c1-10(2)7(11)5-3-4-6(9)8(12)13/h6H,3-5,9H2,1-2H3,(H,12,13)/t6-/m1/s1. The molecule has 3 N–H and O–H groups in total. The average molecular weight is 188 g/mol. The molecule has 0 bridgehead atoms. The minimum Gasteiger partial charge on any atom is -0.480 e. The Morgan fingerprint density at radius 3 is 2.38 bits per heavy atom. The van der Waals surface area contributed by atoms with Crippen LogP contribution in [0.5, 0.6) is 0 Å². The highest BCUT2D eigenvalue weighted by Crippen LogP contribution is 2.00. The van der Waals surface area contributed by atoms with E-state index in [-0.39, 0.29) is 5.91 Å². The van der Waals surface area contributed by atoms with Gasteiger partial charge in [0.1, 0.15) is 6.04 Å². The summed E-state index contributed by atoms with van der Waals surface area (Å²) in [6.45, 7) is 0. The molecule has 5 heteroatoms. The molecule has 5 nitrogen and oxygen atoms in total. The number of amides is 1. The minimum atomic E-state index is -1.02. The fourth-order valence-electron chi connectivity index (χ4n) is 0.820. The summed E-state index contributed by atoms with van der Waals surface area (Å²) in [5.74, 6) is -1.02. The molecule has 0 aliphatic carbocycles. The summed E-state index contributed by atoms with van der Waals surface area (Å²) in [6.07, 6.45) is 1.22. The first-order valence-corrected chi connectivity index (χ1v) is 4.13. The van der Waals surface area contributed by atoms with Crippen molar-refractivity contribution in [3.63, 3.8) is 0 Å². The van der Waals surface area contributed by atoms with Crippen molar-refractivity contribution in [2.24, 2.45) is 5.73 Å². The number of carboxylic acid groups (broad SMARTS) is 1. The van der Waals surface area contributed by atoms with Crippen molar-refractivity contribution in [2.75, 3.05) is 14.1 Å². The molecule has 0 radical (unpaired) electrons. The molecule has 1 atom stereocenters. The van der Waals surface area contributed by atoms with E-state index in [0.717, 1.165) is 0 Å². The van der Waals surface area contributed by atoms with E-state index in [4.69, 9.17) is 10.8 Å². The fraction of sp³-hybridized carbons (Fsp3) is 0.750. The number of carbonyl (C=O) groups excluding carboxylic acids is 1. The summed E-state index contributed by atoms with van der Waals surface area (Å²) in [6, 6.07) is -0.852. The first kappa shape index (κ1) is 11.9. The summed E-state index contributed by atoms with van der Waals surface area (Å²) in [5.41, 5.74) is 5.25. The highest BCUT2D eigenvalue weighted by atomic mass is 16.4. The molecular formula is C8H16N2O3. The van der Waals surface area contributed by atoms with E-state index in [9.17, 15) is 9.59 Å². The maximum Gasteiger partial charge on any atom is 0.320 e. The van der Waals surface area contributed by atoms with Crippen LogP contribution in [0.2, 0.25) is 0 Å². The van der Waals surface area contributed by atoms with E-state index >= 15 is 0 Å². The fourth-order valence-corrected chi connectivity index (χ4v) is 0.820. The number of hydrogen-bond acceptors (Lipinski definition) is 3. The smallest absolute Gasteiger partial charge is 0.320 e. The van der Waals surface area contributed by atoms with Gasteiger partial charge in [-0.25, -0.2) is 0 Å². The van der Waals surface area contributed by atoms with Crippen LogP contribution in [0.1, 0.15) is 19.3 Å². The van der Waals surface area contributed by atoms with Crippen molar-refractivity contribution >= 4 is 11.9 Å². The van der Waals surface area contributed by atoms with E-state index < -0.39 is 12.0 Å². The molecule has 0 aromatic rings. The Kier molecular flexibility index (Phi) is 5.06. The predicted molar refractivity (Wildman–Crippen MR) is 48.2 cm³/mol. The van der Waals surface area contributed by atoms with Crippen LogP contribution in [0.15, 0.2) is 0 Å². The van der Waals surface area contributed by atoms with E-state index in [1.165, 1.54) is 4.90 Å². The first-order valence-electron chi connectivity index (χ1n) is 4.13. The van der Waals surface area contributed by atoms with Crippen LogP contribution >= 0.6 is 0 Å². The zero-order valence-electron chi connectivity index (χ0n) is 7.99. The highest BCUT2D eigenvalue weighted by molar-refractivity contribution is 5.76. The van der Waals surface area contributed by atoms with Gasteiger partial charge in [-0.2, -0.15) is 0 Å². The van der Waals surface area contributed by atoms with Gasteiger partial charge in [0.25, 0.3) is 0 Å². The zero-order chi connectivity index (χ0) is 10.4. The van der Waals surface area contributed by atoms with E-state index in [0.29, 0.717) is 19.3 Å². The molecule has 0 heterocycles. The second kappa shape index (κ2) is 5.53. The van der Waals surface area contributed by atoms with Crippen molar-refractivity contribution in [3.05, 3.63) is 0 Å². The number of carboxylic acids is 1. The summed E-state index contributed by atoms with van der Waals surface area (Å²) >= 11 is 0. The number of nitrogens with two attached hydrogens (primary N) is 1. The molecule has 0 saturated heterocycles. The molecule has 0 aliphatic heterocycles. The Morgan fingerprint density at radius 1 is 1.46 bits per heavy atom. The van der Waals surface area contributed by atoms with E-state index in [1.54, 1.807) is 14.1 Å². The Bertz CT molecular complexity index is 192. The monoisotopic (exact) mass is 188 g/mol. The van der Waals surface area contributed by atoms with Gasteiger partial charge in [-0.15, -0.1) is 0 Å². The average Bonchev–Trinajstić information content (AvgIpc) is 2.03. The SMILES string of the molecule is CN(C)C(=O)CCC[C@@H](N)C(=O)O. The second-order valence-electron chi connectivity index (χ2n) is 3.13. The Morgan fingerprint density at radius 2 is 2.00 bits per heavy atom. The number of rotatable bonds is 5. The maximum absolute atomic E-state index is 11.0. The molecule has 0 spiro atoms. The second-order valence-corrected chi connectivity index (χ2v) is 3.13. The zero-order valence-corrected chi connectivity index (χ0v) is 7.99. The normalized spacial score (nSPS) is 12.2. The van der Waals surface area contributed by atoms with E-state index in [1.807, 2.05) is 0 Å². The van der Waals surface area contributed by atoms with Gasteiger partial charge in [-0.3, -0.25) is 9.59 Å². The molecule has 0 rings (SSSR count). The van der Waals surface area contributed by atoms with Crippen molar-refractivity contribution in [1.82, 2.24) is 4.90 Å². The lowest BCUT2D eigenvalue weighted by Gasteiger charge is -2.10. The lowest BCUT2D eigenvalue weighted by Crippen LogP contribution is -2.30. The first-order chi connectivity index (χ1) is 5.95. The van der Waals surface area contributed by atoms with Crippen LogP contribution in [0.4, 0.5) is 0 Å². The topological polar surface area (TPSA) is 83.6 Å². The maximum atomic E-state index is 11.0. The third kappa shape index (κ3) is 5.19. The van der Waals surface area contributed by atoms with Crippen molar-refractivity contribution in [3.8, 4) is 0 Å². The van der Waals surface area contributed by atoms with Gasteiger partial charge in [0.2, 0.25) is 5.91 Å². The number of aliphatic carboxylic acids is 1. The molecule has 0 aromatic heterocycles. The van der Waals surface area contributed by atoms with Gasteiger partial charge in [0, 0.05) is 20.5 Å². The predicted octanol–water partition coefficient (Wildman–Crippen LogP) is -0.343. The molecule has 0 saturated carbocycles. The summed E-state index contributed by atoms with van der Waals surface area (Å²) in [7, 11) is 3.33. The van der Waals surface area contributed by atoms with Crippen molar-refractivity contribution in [1.29, 1.82) is 0 Å². The van der Waals surface area contributed by atoms with Crippen LogP contribution in [-0.2, 0) is 9.59 Å². The minimum absolute atomic E-state index is 0.00223. The molecule has 0 unspecified atom stereocenters. The van der Waals surface area contributed by atoms with Gasteiger partial charge in [-0.05, 0) is 12.8 Å². The van der Waals surface area contributed by atoms with Crippen LogP contribution in [0, 0.1) is 0 Å². The van der Waals surface area contributed by atoms with Gasteiger partial charge < -0.3 is 15.7 Å². The molecule has 0 aliphatic rings. The Balaban J connectivity index is 3.56. The highest BCUT2D eigenvalue weighted by Gasteiger charge is 2.12. The third-order valence-corrected chi connectivity index (χ3v) is 1.72. The molecule has 76 valence electrons. The van der Waals surface area contributed by atoms with Crippen molar-refractivity contribution in [2.45, 2.75) is 25.3 Å². The molecule has 1 amide bonds. The largest absolute Gasteiger partial charge is 0.480 e. The number of hydrogen-bond donors (Lipinski definition) is 2. The Hall–Kier alpha value is -1.10. The number of nitrogens with zero attached hydrogens (tertiary/aromatic N) is 1. The molecular weight excluding hydrogens is 172 g/mol. The van der Waals surface area contributed by atoms with Gasteiger partial charge in [-0.1, -0.05) is 0 Å². The van der Waals surface area contributed by atoms with Gasteiger partial charge in [0.15, 0.2) is 0 Å². The summed E-state index contributed by atoms with van der Waals surface area (Å²) in [4.78, 5) is 22.8. The summed E-state index contributed by atoms with van der Waals surface area (Å²) in [5, 5.41) is 8.44. The van der Waals surface area contributed by atoms with Gasteiger partial charge >= 0.3 is 5.97 Å². The van der Waals surface area contributed by atoms with Crippen molar-refractivity contribution < 1.29 is 14.7 Å². The lowest BCUT2D eigenvalue weighted by atomic mass is 10.1. The molecule has 0 aromatic carbocycles.